The molecule has 1 fully saturated rings. The number of aromatic nitrogens is 1. The molecule has 3 rings (SSSR count). The highest BCUT2D eigenvalue weighted by atomic mass is 32.2. The summed E-state index contributed by atoms with van der Waals surface area (Å²) in [7, 11) is 1.40. The Bertz CT molecular complexity index is 963. The largest absolute Gasteiger partial charge is 0.353 e. The number of hydrogen-bond acceptors (Lipinski definition) is 3. The van der Waals surface area contributed by atoms with E-state index >= 15 is 0 Å². The Balaban J connectivity index is 2.02. The zero-order valence-corrected chi connectivity index (χ0v) is 17.9. The Morgan fingerprint density at radius 3 is 2.54 bits per heavy atom. The third kappa shape index (κ3) is 3.86. The average molecular weight is 404 g/mol. The Labute approximate surface area is 167 Å². The van der Waals surface area contributed by atoms with Crippen molar-refractivity contribution < 1.29 is 13.2 Å². The topological polar surface area (TPSA) is 62.6 Å². The van der Waals surface area contributed by atoms with Gasteiger partial charge < -0.3 is 9.47 Å². The van der Waals surface area contributed by atoms with Gasteiger partial charge in [0.15, 0.2) is 0 Å². The van der Waals surface area contributed by atoms with E-state index in [9.17, 15) is 13.2 Å². The van der Waals surface area contributed by atoms with E-state index < -0.39 is 10.0 Å². The number of carbonyl (C=O) groups is 1. The maximum Gasteiger partial charge on any atom is 0.254 e. The molecule has 0 bridgehead atoms. The molecular weight excluding hydrogens is 374 g/mol. The van der Waals surface area contributed by atoms with Crippen molar-refractivity contribution >= 4 is 15.9 Å². The predicted octanol–water partition coefficient (Wildman–Crippen LogP) is 3.34. The maximum absolute atomic E-state index is 13.5. The van der Waals surface area contributed by atoms with Crippen LogP contribution in [0.5, 0.6) is 0 Å². The second-order valence-corrected chi connectivity index (χ2v) is 9.82. The number of sulfonamides is 1. The van der Waals surface area contributed by atoms with Gasteiger partial charge in [0.1, 0.15) is 0 Å². The van der Waals surface area contributed by atoms with Crippen LogP contribution in [0.3, 0.4) is 0 Å². The highest BCUT2D eigenvalue weighted by molar-refractivity contribution is 7.89. The Morgan fingerprint density at radius 1 is 1.14 bits per heavy atom. The first-order valence-corrected chi connectivity index (χ1v) is 11.1. The van der Waals surface area contributed by atoms with Crippen molar-refractivity contribution in [1.29, 1.82) is 0 Å². The highest BCUT2D eigenvalue weighted by Crippen LogP contribution is 2.32. The summed E-state index contributed by atoms with van der Waals surface area (Å²) in [6.07, 6.45) is 6.05. The molecule has 0 radical (unpaired) electrons. The van der Waals surface area contributed by atoms with Gasteiger partial charge >= 0.3 is 0 Å². The number of hydrogen-bond donors (Lipinski definition) is 0. The summed E-state index contributed by atoms with van der Waals surface area (Å²) in [5.74, 6) is -0.0959. The standard InChI is InChI=1S/C21H29N3O3S/c1-16-11-12-17(28(26,27)22(2)3)15-18(16)21(25)24-14-7-5-6-9-20(24)19-10-8-13-23(19)4/h8,10-13,15,20H,5-7,9,14H2,1-4H3. The fourth-order valence-electron chi connectivity index (χ4n) is 3.84. The van der Waals surface area contributed by atoms with Crippen LogP contribution in [0.4, 0.5) is 0 Å². The van der Waals surface area contributed by atoms with E-state index in [4.69, 9.17) is 0 Å². The van der Waals surface area contributed by atoms with Gasteiger partial charge in [0.25, 0.3) is 5.91 Å². The summed E-state index contributed by atoms with van der Waals surface area (Å²) >= 11 is 0. The van der Waals surface area contributed by atoms with Crippen molar-refractivity contribution in [3.05, 3.63) is 53.3 Å². The molecule has 0 saturated carbocycles. The first-order chi connectivity index (χ1) is 13.2. The summed E-state index contributed by atoms with van der Waals surface area (Å²) in [5, 5.41) is 0. The molecule has 1 aromatic heterocycles. The zero-order valence-electron chi connectivity index (χ0n) is 17.1. The molecule has 7 heteroatoms. The van der Waals surface area contributed by atoms with E-state index in [0.29, 0.717) is 12.1 Å². The first kappa shape index (κ1) is 20.6. The molecule has 1 aromatic carbocycles. The molecular formula is C21H29N3O3S. The summed E-state index contributed by atoms with van der Waals surface area (Å²) in [6.45, 7) is 2.54. The lowest BCUT2D eigenvalue weighted by atomic mass is 10.0. The van der Waals surface area contributed by atoms with Crippen LogP contribution in [0, 0.1) is 6.92 Å². The molecule has 1 unspecified atom stereocenters. The van der Waals surface area contributed by atoms with Gasteiger partial charge in [-0.25, -0.2) is 12.7 Å². The second-order valence-electron chi connectivity index (χ2n) is 7.67. The van der Waals surface area contributed by atoms with E-state index in [1.54, 1.807) is 12.1 Å². The van der Waals surface area contributed by atoms with Gasteiger partial charge in [-0.2, -0.15) is 0 Å². The number of aryl methyl sites for hydroxylation is 2. The number of nitrogens with zero attached hydrogens (tertiary/aromatic N) is 3. The molecule has 28 heavy (non-hydrogen) atoms. The molecule has 1 saturated heterocycles. The van der Waals surface area contributed by atoms with E-state index in [0.717, 1.165) is 36.9 Å². The van der Waals surface area contributed by atoms with Crippen LogP contribution in [0.15, 0.2) is 41.4 Å². The summed E-state index contributed by atoms with van der Waals surface area (Å²) in [4.78, 5) is 15.6. The molecule has 152 valence electrons. The van der Waals surface area contributed by atoms with Crippen molar-refractivity contribution in [2.45, 2.75) is 43.5 Å². The molecule has 2 aromatic rings. The summed E-state index contributed by atoms with van der Waals surface area (Å²) in [6, 6.07) is 8.88. The van der Waals surface area contributed by atoms with E-state index in [1.165, 1.54) is 24.5 Å². The van der Waals surface area contributed by atoms with Crippen molar-refractivity contribution in [3.63, 3.8) is 0 Å². The minimum absolute atomic E-state index is 0.00325. The lowest BCUT2D eigenvalue weighted by Gasteiger charge is -2.31. The van der Waals surface area contributed by atoms with Gasteiger partial charge in [-0.05, 0) is 49.6 Å². The normalized spacial score (nSPS) is 18.3. The Hall–Kier alpha value is -2.12. The van der Waals surface area contributed by atoms with Crippen molar-refractivity contribution in [3.8, 4) is 0 Å². The fraction of sp³-hybridized carbons (Fsp3) is 0.476. The SMILES string of the molecule is Cc1ccc(S(=O)(=O)N(C)C)cc1C(=O)N1CCCCCC1c1cccn1C. The number of rotatable bonds is 4. The fourth-order valence-corrected chi connectivity index (χ4v) is 4.77. The second kappa shape index (κ2) is 8.09. The van der Waals surface area contributed by atoms with E-state index in [-0.39, 0.29) is 16.8 Å². The monoisotopic (exact) mass is 403 g/mol. The zero-order chi connectivity index (χ0) is 20.5. The number of amides is 1. The van der Waals surface area contributed by atoms with E-state index in [1.807, 2.05) is 31.1 Å². The number of carbonyl (C=O) groups excluding carboxylic acids is 1. The lowest BCUT2D eigenvalue weighted by Crippen LogP contribution is -2.36. The first-order valence-electron chi connectivity index (χ1n) is 9.69. The van der Waals surface area contributed by atoms with Crippen molar-refractivity contribution in [2.24, 2.45) is 7.05 Å². The molecule has 0 N–H and O–H groups in total. The minimum Gasteiger partial charge on any atom is -0.353 e. The van der Waals surface area contributed by atoms with E-state index in [2.05, 4.69) is 10.6 Å². The van der Waals surface area contributed by atoms with Crippen LogP contribution >= 0.6 is 0 Å². The van der Waals surface area contributed by atoms with Gasteiger partial charge in [-0.1, -0.05) is 18.9 Å². The molecule has 1 aliphatic heterocycles. The molecule has 0 aliphatic carbocycles. The van der Waals surface area contributed by atoms with Gasteiger partial charge in [-0.3, -0.25) is 4.79 Å². The van der Waals surface area contributed by atoms with Crippen LogP contribution in [-0.4, -0.2) is 48.7 Å². The van der Waals surface area contributed by atoms with Crippen LogP contribution in [0.1, 0.15) is 53.3 Å². The maximum atomic E-state index is 13.5. The molecule has 0 spiro atoms. The molecule has 1 aliphatic rings. The number of likely N-dealkylation sites (tertiary alicyclic amines) is 1. The molecule has 1 amide bonds. The minimum atomic E-state index is -3.59. The predicted molar refractivity (Wildman–Crippen MR) is 110 cm³/mol. The Morgan fingerprint density at radius 2 is 1.89 bits per heavy atom. The van der Waals surface area contributed by atoms with Crippen LogP contribution in [0.2, 0.25) is 0 Å². The van der Waals surface area contributed by atoms with Gasteiger partial charge in [0.05, 0.1) is 10.9 Å². The summed E-state index contributed by atoms with van der Waals surface area (Å²) < 4.78 is 28.3. The van der Waals surface area contributed by atoms with Crippen LogP contribution in [-0.2, 0) is 17.1 Å². The molecule has 1 atom stereocenters. The quantitative estimate of drug-likeness (QED) is 0.787. The third-order valence-electron chi connectivity index (χ3n) is 5.56. The highest BCUT2D eigenvalue weighted by Gasteiger charge is 2.30. The lowest BCUT2D eigenvalue weighted by molar-refractivity contribution is 0.0673. The smallest absolute Gasteiger partial charge is 0.254 e. The average Bonchev–Trinajstić information content (AvgIpc) is 2.93. The summed E-state index contributed by atoms with van der Waals surface area (Å²) in [5.41, 5.74) is 2.37. The van der Waals surface area contributed by atoms with Crippen LogP contribution < -0.4 is 0 Å². The number of benzene rings is 1. The molecule has 6 nitrogen and oxygen atoms in total. The Kier molecular flexibility index (Phi) is 5.95. The third-order valence-corrected chi connectivity index (χ3v) is 7.37. The van der Waals surface area contributed by atoms with Gasteiger partial charge in [0, 0.05) is 45.1 Å². The van der Waals surface area contributed by atoms with Gasteiger partial charge in [-0.15, -0.1) is 0 Å². The van der Waals surface area contributed by atoms with Crippen molar-refractivity contribution in [1.82, 2.24) is 13.8 Å². The molecule has 2 heterocycles. The van der Waals surface area contributed by atoms with Gasteiger partial charge in [0.2, 0.25) is 10.0 Å². The van der Waals surface area contributed by atoms with Crippen LogP contribution in [0.25, 0.3) is 0 Å². The van der Waals surface area contributed by atoms with Crippen molar-refractivity contribution in [2.75, 3.05) is 20.6 Å².